The highest BCUT2D eigenvalue weighted by molar-refractivity contribution is 8.00. The van der Waals surface area contributed by atoms with Gasteiger partial charge in [-0.3, -0.25) is 9.59 Å². The number of carbonyl (C=O) groups is 2. The summed E-state index contributed by atoms with van der Waals surface area (Å²) >= 11 is 1.58. The number of hydrogen-bond donors (Lipinski definition) is 2. The summed E-state index contributed by atoms with van der Waals surface area (Å²) in [6.07, 6.45) is 3.65. The Hall–Kier alpha value is -1.99. The van der Waals surface area contributed by atoms with E-state index in [1.807, 2.05) is 6.08 Å². The molecule has 1 aromatic rings. The number of amides is 1. The van der Waals surface area contributed by atoms with Crippen molar-refractivity contribution in [1.29, 1.82) is 0 Å². The molecule has 0 radical (unpaired) electrons. The van der Waals surface area contributed by atoms with E-state index in [1.54, 1.807) is 35.0 Å². The Bertz CT molecular complexity index is 602. The summed E-state index contributed by atoms with van der Waals surface area (Å²) in [5.41, 5.74) is 0.612. The number of ketones is 1. The molecule has 2 heterocycles. The second kappa shape index (κ2) is 5.42. The van der Waals surface area contributed by atoms with E-state index in [0.29, 0.717) is 5.69 Å². The van der Waals surface area contributed by atoms with Crippen LogP contribution >= 0.6 is 11.8 Å². The van der Waals surface area contributed by atoms with Gasteiger partial charge in [-0.25, -0.2) is 5.84 Å². The van der Waals surface area contributed by atoms with E-state index in [2.05, 4.69) is 0 Å². The van der Waals surface area contributed by atoms with Crippen LogP contribution in [0.4, 0.5) is 5.69 Å². The summed E-state index contributed by atoms with van der Waals surface area (Å²) in [5.74, 6) is 5.85. The number of hydrogen-bond acceptors (Lipinski definition) is 6. The first-order chi connectivity index (χ1) is 10.1. The lowest BCUT2D eigenvalue weighted by Gasteiger charge is -2.45. The second-order valence-electron chi connectivity index (χ2n) is 4.94. The molecule has 0 aromatic heterocycles. The maximum absolute atomic E-state index is 12.3. The van der Waals surface area contributed by atoms with Gasteiger partial charge >= 0.3 is 0 Å². The number of phenolic OH excluding ortho intramolecular Hbond substituents is 1. The van der Waals surface area contributed by atoms with Crippen LogP contribution in [0.25, 0.3) is 0 Å². The van der Waals surface area contributed by atoms with Crippen molar-refractivity contribution in [2.75, 3.05) is 17.3 Å². The molecule has 3 N–H and O–H groups in total. The van der Waals surface area contributed by atoms with E-state index >= 15 is 0 Å². The summed E-state index contributed by atoms with van der Waals surface area (Å²) in [5, 5.41) is 10.4. The lowest BCUT2D eigenvalue weighted by atomic mass is 9.93. The van der Waals surface area contributed by atoms with E-state index in [4.69, 9.17) is 5.84 Å². The maximum Gasteiger partial charge on any atom is 0.241 e. The van der Waals surface area contributed by atoms with Gasteiger partial charge in [-0.15, -0.1) is 11.8 Å². The quantitative estimate of drug-likeness (QED) is 0.368. The Morgan fingerprint density at radius 3 is 2.86 bits per heavy atom. The standard InChI is InChI=1S/C14H15N3O3S/c15-17(9-2-4-10(18)5-3-9)8-11(19)12-13(20)16-6-1-7-21-14(12)16/h1-6,12,14,18H,7-8,15H2/t12?,14-/m0/s1. The van der Waals surface area contributed by atoms with Crippen LogP contribution in [0.3, 0.4) is 0 Å². The van der Waals surface area contributed by atoms with E-state index in [9.17, 15) is 14.7 Å². The van der Waals surface area contributed by atoms with Crippen LogP contribution in [0, 0.1) is 5.92 Å². The van der Waals surface area contributed by atoms with Crippen molar-refractivity contribution in [2.24, 2.45) is 11.8 Å². The number of fused-ring (bicyclic) bond motifs is 1. The molecule has 110 valence electrons. The number of thioether (sulfide) groups is 1. The van der Waals surface area contributed by atoms with Crippen LogP contribution in [0.5, 0.6) is 5.75 Å². The summed E-state index contributed by atoms with van der Waals surface area (Å²) in [7, 11) is 0. The molecule has 7 heteroatoms. The molecule has 1 aromatic carbocycles. The van der Waals surface area contributed by atoms with Gasteiger partial charge in [-0.05, 0) is 24.3 Å². The third kappa shape index (κ3) is 2.50. The average Bonchev–Trinajstić information content (AvgIpc) is 2.47. The van der Waals surface area contributed by atoms with Gasteiger partial charge in [-0.1, -0.05) is 6.08 Å². The average molecular weight is 305 g/mol. The fourth-order valence-corrected chi connectivity index (χ4v) is 3.62. The lowest BCUT2D eigenvalue weighted by Crippen LogP contribution is -2.62. The molecule has 1 fully saturated rings. The van der Waals surface area contributed by atoms with Crippen molar-refractivity contribution < 1.29 is 14.7 Å². The number of hydrazine groups is 1. The zero-order valence-electron chi connectivity index (χ0n) is 11.2. The first-order valence-corrected chi connectivity index (χ1v) is 7.57. The molecule has 1 saturated heterocycles. The van der Waals surface area contributed by atoms with Gasteiger partial charge in [-0.2, -0.15) is 0 Å². The Labute approximate surface area is 126 Å². The predicted molar refractivity (Wildman–Crippen MR) is 80.4 cm³/mol. The summed E-state index contributed by atoms with van der Waals surface area (Å²) in [6, 6.07) is 6.24. The van der Waals surface area contributed by atoms with Crippen molar-refractivity contribution in [1.82, 2.24) is 4.90 Å². The monoisotopic (exact) mass is 305 g/mol. The number of anilines is 1. The normalized spacial score (nSPS) is 23.5. The number of aromatic hydroxyl groups is 1. The van der Waals surface area contributed by atoms with Crippen molar-refractivity contribution in [3.05, 3.63) is 36.5 Å². The molecule has 0 bridgehead atoms. The summed E-state index contributed by atoms with van der Waals surface area (Å²) in [4.78, 5) is 25.8. The van der Waals surface area contributed by atoms with E-state index in [1.165, 1.54) is 17.1 Å². The minimum absolute atomic E-state index is 0.0319. The topological polar surface area (TPSA) is 86.9 Å². The van der Waals surface area contributed by atoms with E-state index in [0.717, 1.165) is 5.75 Å². The SMILES string of the molecule is NN(CC(=O)C1C(=O)N2C=CCS[C@@H]12)c1ccc(O)cc1. The number of benzene rings is 1. The Morgan fingerprint density at radius 2 is 2.14 bits per heavy atom. The van der Waals surface area contributed by atoms with E-state index in [-0.39, 0.29) is 29.4 Å². The molecule has 2 aliphatic rings. The first-order valence-electron chi connectivity index (χ1n) is 6.52. The number of Topliss-reactive ketones (excluding diaryl/α,β-unsaturated/α-hetero) is 1. The fourth-order valence-electron chi connectivity index (χ4n) is 2.43. The van der Waals surface area contributed by atoms with Crippen LogP contribution in [-0.2, 0) is 9.59 Å². The van der Waals surface area contributed by atoms with Gasteiger partial charge in [0.2, 0.25) is 5.91 Å². The number of phenols is 1. The molecular weight excluding hydrogens is 290 g/mol. The van der Waals surface area contributed by atoms with Gasteiger partial charge < -0.3 is 15.0 Å². The Balaban J connectivity index is 1.65. The number of carbonyl (C=O) groups excluding carboxylic acids is 2. The number of nitrogens with two attached hydrogens (primary N) is 1. The first kappa shape index (κ1) is 14.0. The van der Waals surface area contributed by atoms with Gasteiger partial charge in [0, 0.05) is 12.0 Å². The lowest BCUT2D eigenvalue weighted by molar-refractivity contribution is -0.151. The number of nitrogens with zero attached hydrogens (tertiary/aromatic N) is 2. The zero-order chi connectivity index (χ0) is 15.0. The number of β-lactam (4-membered cyclic amide) rings is 1. The smallest absolute Gasteiger partial charge is 0.241 e. The van der Waals surface area contributed by atoms with Crippen molar-refractivity contribution in [2.45, 2.75) is 5.37 Å². The fraction of sp³-hybridized carbons (Fsp3) is 0.286. The van der Waals surface area contributed by atoms with Crippen molar-refractivity contribution in [3.63, 3.8) is 0 Å². The highest BCUT2D eigenvalue weighted by Crippen LogP contribution is 2.38. The molecule has 1 amide bonds. The predicted octanol–water partition coefficient (Wildman–Crippen LogP) is 0.686. The van der Waals surface area contributed by atoms with Crippen LogP contribution in [-0.4, -0.2) is 39.4 Å². The van der Waals surface area contributed by atoms with Crippen molar-refractivity contribution >= 4 is 29.1 Å². The minimum atomic E-state index is -0.608. The Morgan fingerprint density at radius 1 is 1.43 bits per heavy atom. The van der Waals surface area contributed by atoms with Crippen molar-refractivity contribution in [3.8, 4) is 5.75 Å². The third-order valence-corrected chi connectivity index (χ3v) is 4.79. The summed E-state index contributed by atoms with van der Waals surface area (Å²) < 4.78 is 0. The zero-order valence-corrected chi connectivity index (χ0v) is 12.0. The van der Waals surface area contributed by atoms with Gasteiger partial charge in [0.15, 0.2) is 5.78 Å². The molecular formula is C14H15N3O3S. The second-order valence-corrected chi connectivity index (χ2v) is 6.09. The molecule has 0 saturated carbocycles. The van der Waals surface area contributed by atoms with Crippen LogP contribution in [0.15, 0.2) is 36.5 Å². The molecule has 0 aliphatic carbocycles. The van der Waals surface area contributed by atoms with Crippen LogP contribution in [0.2, 0.25) is 0 Å². The highest BCUT2D eigenvalue weighted by atomic mass is 32.2. The van der Waals surface area contributed by atoms with Gasteiger partial charge in [0.1, 0.15) is 17.0 Å². The largest absolute Gasteiger partial charge is 0.508 e. The van der Waals surface area contributed by atoms with E-state index < -0.39 is 5.92 Å². The molecule has 1 unspecified atom stereocenters. The summed E-state index contributed by atoms with van der Waals surface area (Å²) in [6.45, 7) is -0.0319. The van der Waals surface area contributed by atoms with Crippen LogP contribution < -0.4 is 10.9 Å². The minimum Gasteiger partial charge on any atom is -0.508 e. The maximum atomic E-state index is 12.3. The molecule has 0 spiro atoms. The highest BCUT2D eigenvalue weighted by Gasteiger charge is 2.51. The molecule has 2 atom stereocenters. The number of rotatable bonds is 4. The molecule has 21 heavy (non-hydrogen) atoms. The van der Waals surface area contributed by atoms with Gasteiger partial charge in [0.05, 0.1) is 12.2 Å². The molecule has 6 nitrogen and oxygen atoms in total. The molecule has 3 rings (SSSR count). The van der Waals surface area contributed by atoms with Crippen LogP contribution in [0.1, 0.15) is 0 Å². The molecule has 2 aliphatic heterocycles. The third-order valence-electron chi connectivity index (χ3n) is 3.56. The Kier molecular flexibility index (Phi) is 3.60. The van der Waals surface area contributed by atoms with Gasteiger partial charge in [0.25, 0.3) is 0 Å².